The summed E-state index contributed by atoms with van der Waals surface area (Å²) in [6.07, 6.45) is 6.42. The highest BCUT2D eigenvalue weighted by Gasteiger charge is 2.15. The molecule has 0 bridgehead atoms. The Labute approximate surface area is 200 Å². The van der Waals surface area contributed by atoms with Gasteiger partial charge in [0, 0.05) is 28.9 Å². The molecule has 2 aromatic heterocycles. The molecule has 0 fully saturated rings. The molecule has 2 aromatic carbocycles. The van der Waals surface area contributed by atoms with Crippen LogP contribution in [0.2, 0.25) is 5.02 Å². The Morgan fingerprint density at radius 2 is 1.82 bits per heavy atom. The third kappa shape index (κ3) is 5.83. The third-order valence-corrected chi connectivity index (χ3v) is 6.40. The van der Waals surface area contributed by atoms with Crippen LogP contribution in [0.25, 0.3) is 5.65 Å². The maximum absolute atomic E-state index is 12.8. The van der Waals surface area contributed by atoms with Gasteiger partial charge in [0.25, 0.3) is 0 Å². The predicted octanol–water partition coefficient (Wildman–Crippen LogP) is 4.82. The minimum atomic E-state index is -0.384. The second kappa shape index (κ2) is 10.7. The van der Waals surface area contributed by atoms with Gasteiger partial charge >= 0.3 is 5.69 Å². The van der Waals surface area contributed by atoms with Crippen LogP contribution in [-0.4, -0.2) is 25.1 Å². The topological polar surface area (TPSA) is 81.3 Å². The number of fused-ring (bicyclic) bond motifs is 1. The normalized spacial score (nSPS) is 11.1. The summed E-state index contributed by atoms with van der Waals surface area (Å²) >= 11 is 7.41. The van der Waals surface area contributed by atoms with E-state index in [1.54, 1.807) is 12.4 Å². The van der Waals surface area contributed by atoms with Gasteiger partial charge in [-0.1, -0.05) is 61.0 Å². The Morgan fingerprint density at radius 1 is 1.09 bits per heavy atom. The summed E-state index contributed by atoms with van der Waals surface area (Å²) in [6, 6.07) is 15.3. The molecule has 4 rings (SSSR count). The van der Waals surface area contributed by atoms with Crippen molar-refractivity contribution in [2.24, 2.45) is 0 Å². The molecule has 0 saturated carbocycles. The lowest BCUT2D eigenvalue weighted by Crippen LogP contribution is -2.28. The first kappa shape index (κ1) is 23.1. The number of nitrogens with zero attached hydrogens (tertiary/aromatic N) is 4. The number of aryl methyl sites for hydroxylation is 1. The first-order valence-corrected chi connectivity index (χ1v) is 12.1. The van der Waals surface area contributed by atoms with E-state index in [2.05, 4.69) is 22.3 Å². The van der Waals surface area contributed by atoms with Gasteiger partial charge in [-0.15, -0.1) is 5.10 Å². The molecule has 0 aliphatic rings. The second-order valence-corrected chi connectivity index (χ2v) is 9.03. The van der Waals surface area contributed by atoms with E-state index >= 15 is 0 Å². The minimum Gasteiger partial charge on any atom is -0.324 e. The molecule has 0 unspecified atom stereocenters. The molecule has 7 nitrogen and oxygen atoms in total. The standard InChI is InChI=1S/C24H24ClN5O2S/c1-2-3-4-17-7-11-20(12-8-17)27-21(31)15-30-24(32)29-14-13-26-23(22(29)28-30)33-16-18-5-9-19(25)10-6-18/h5-14H,2-4,15-16H2,1H3,(H,27,31). The minimum absolute atomic E-state index is 0.181. The van der Waals surface area contributed by atoms with Crippen LogP contribution in [0.5, 0.6) is 0 Å². The van der Waals surface area contributed by atoms with E-state index in [0.29, 0.717) is 27.1 Å². The van der Waals surface area contributed by atoms with Crippen molar-refractivity contribution in [1.29, 1.82) is 0 Å². The Kier molecular flexibility index (Phi) is 7.47. The maximum Gasteiger partial charge on any atom is 0.350 e. The first-order valence-electron chi connectivity index (χ1n) is 10.7. The lowest BCUT2D eigenvalue weighted by molar-refractivity contribution is -0.117. The number of thioether (sulfide) groups is 1. The second-order valence-electron chi connectivity index (χ2n) is 7.63. The molecule has 0 aliphatic carbocycles. The highest BCUT2D eigenvalue weighted by Crippen LogP contribution is 2.24. The summed E-state index contributed by atoms with van der Waals surface area (Å²) < 4.78 is 2.57. The monoisotopic (exact) mass is 481 g/mol. The van der Waals surface area contributed by atoms with E-state index in [-0.39, 0.29) is 18.1 Å². The van der Waals surface area contributed by atoms with E-state index in [4.69, 9.17) is 11.6 Å². The fraction of sp³-hybridized carbons (Fsp3) is 0.250. The van der Waals surface area contributed by atoms with Crippen molar-refractivity contribution in [3.05, 3.63) is 87.6 Å². The number of carbonyl (C=O) groups excluding carboxylic acids is 1. The molecular formula is C24H24ClN5O2S. The number of anilines is 1. The number of rotatable bonds is 9. The van der Waals surface area contributed by atoms with Crippen molar-refractivity contribution in [2.75, 3.05) is 5.32 Å². The van der Waals surface area contributed by atoms with Gasteiger partial charge in [-0.25, -0.2) is 18.9 Å². The summed E-state index contributed by atoms with van der Waals surface area (Å²) in [5, 5.41) is 8.50. The van der Waals surface area contributed by atoms with Gasteiger partial charge in [0.15, 0.2) is 5.65 Å². The average molecular weight is 482 g/mol. The van der Waals surface area contributed by atoms with Gasteiger partial charge in [0.2, 0.25) is 5.91 Å². The van der Waals surface area contributed by atoms with Crippen LogP contribution in [0.4, 0.5) is 5.69 Å². The van der Waals surface area contributed by atoms with E-state index in [9.17, 15) is 9.59 Å². The van der Waals surface area contributed by atoms with Crippen LogP contribution in [-0.2, 0) is 23.5 Å². The Bertz CT molecular complexity index is 1300. The predicted molar refractivity (Wildman–Crippen MR) is 132 cm³/mol. The lowest BCUT2D eigenvalue weighted by atomic mass is 10.1. The molecule has 0 atom stereocenters. The SMILES string of the molecule is CCCCc1ccc(NC(=O)Cn2nc3c(SCc4ccc(Cl)cc4)nccn3c2=O)cc1. The number of benzene rings is 2. The number of unbranched alkanes of at least 4 members (excludes halogenated alkanes) is 1. The number of aromatic nitrogens is 4. The number of halogens is 1. The lowest BCUT2D eigenvalue weighted by Gasteiger charge is -2.06. The van der Waals surface area contributed by atoms with Crippen LogP contribution in [0.1, 0.15) is 30.9 Å². The molecule has 1 N–H and O–H groups in total. The Hall–Kier alpha value is -3.10. The number of nitrogens with one attached hydrogen (secondary N) is 1. The Morgan fingerprint density at radius 3 is 2.55 bits per heavy atom. The van der Waals surface area contributed by atoms with Crippen LogP contribution in [0.15, 0.2) is 70.7 Å². The zero-order valence-corrected chi connectivity index (χ0v) is 19.8. The molecule has 2 heterocycles. The molecule has 33 heavy (non-hydrogen) atoms. The zero-order valence-electron chi connectivity index (χ0n) is 18.2. The molecule has 0 aliphatic heterocycles. The first-order chi connectivity index (χ1) is 16.0. The van der Waals surface area contributed by atoms with Gasteiger partial charge in [0.05, 0.1) is 0 Å². The maximum atomic E-state index is 12.8. The van der Waals surface area contributed by atoms with Gasteiger partial charge in [-0.2, -0.15) is 0 Å². The third-order valence-electron chi connectivity index (χ3n) is 5.11. The van der Waals surface area contributed by atoms with Crippen molar-refractivity contribution in [3.8, 4) is 0 Å². The smallest absolute Gasteiger partial charge is 0.324 e. The van der Waals surface area contributed by atoms with Crippen LogP contribution < -0.4 is 11.0 Å². The van der Waals surface area contributed by atoms with Crippen LogP contribution in [0, 0.1) is 0 Å². The highest BCUT2D eigenvalue weighted by molar-refractivity contribution is 7.98. The molecular weight excluding hydrogens is 458 g/mol. The molecule has 0 radical (unpaired) electrons. The molecule has 170 valence electrons. The molecule has 0 spiro atoms. The summed E-state index contributed by atoms with van der Waals surface area (Å²) in [5.74, 6) is 0.338. The van der Waals surface area contributed by atoms with E-state index in [1.165, 1.54) is 21.7 Å². The number of hydrogen-bond acceptors (Lipinski definition) is 5. The van der Waals surface area contributed by atoms with Crippen molar-refractivity contribution in [3.63, 3.8) is 0 Å². The summed E-state index contributed by atoms with van der Waals surface area (Å²) in [5.41, 5.74) is 3.05. The fourth-order valence-electron chi connectivity index (χ4n) is 3.34. The largest absolute Gasteiger partial charge is 0.350 e. The average Bonchev–Trinajstić information content (AvgIpc) is 3.14. The van der Waals surface area contributed by atoms with Crippen molar-refractivity contribution < 1.29 is 4.79 Å². The zero-order chi connectivity index (χ0) is 23.2. The van der Waals surface area contributed by atoms with Crippen molar-refractivity contribution in [2.45, 2.75) is 43.5 Å². The van der Waals surface area contributed by atoms with Crippen molar-refractivity contribution in [1.82, 2.24) is 19.2 Å². The van der Waals surface area contributed by atoms with Gasteiger partial charge in [-0.05, 0) is 48.2 Å². The number of amides is 1. The number of carbonyl (C=O) groups is 1. The summed E-state index contributed by atoms with van der Waals surface area (Å²) in [6.45, 7) is 1.98. The Balaban J connectivity index is 1.45. The highest BCUT2D eigenvalue weighted by atomic mass is 35.5. The van der Waals surface area contributed by atoms with E-state index in [1.807, 2.05) is 48.5 Å². The van der Waals surface area contributed by atoms with Crippen LogP contribution in [0.3, 0.4) is 0 Å². The molecule has 4 aromatic rings. The molecule has 0 saturated heterocycles. The quantitative estimate of drug-likeness (QED) is 0.347. The van der Waals surface area contributed by atoms with Gasteiger partial charge < -0.3 is 5.32 Å². The van der Waals surface area contributed by atoms with Gasteiger partial charge in [-0.3, -0.25) is 4.79 Å². The molecule has 1 amide bonds. The van der Waals surface area contributed by atoms with E-state index in [0.717, 1.165) is 29.5 Å². The van der Waals surface area contributed by atoms with E-state index < -0.39 is 0 Å². The number of hydrogen-bond donors (Lipinski definition) is 1. The summed E-state index contributed by atoms with van der Waals surface area (Å²) in [4.78, 5) is 29.7. The fourth-order valence-corrected chi connectivity index (χ4v) is 4.36. The molecule has 9 heteroatoms. The van der Waals surface area contributed by atoms with Gasteiger partial charge in [0.1, 0.15) is 11.6 Å². The summed E-state index contributed by atoms with van der Waals surface area (Å²) in [7, 11) is 0. The van der Waals surface area contributed by atoms with Crippen molar-refractivity contribution >= 4 is 40.6 Å². The van der Waals surface area contributed by atoms with Crippen LogP contribution >= 0.6 is 23.4 Å².